The Bertz CT molecular complexity index is 1210. The third-order valence-corrected chi connectivity index (χ3v) is 9.75. The number of sulfone groups is 1. The molecule has 4 rings (SSSR count). The molecule has 1 aliphatic heterocycles. The number of rotatable bonds is 8. The van der Waals surface area contributed by atoms with Crippen LogP contribution in [0.4, 0.5) is 5.13 Å². The Balaban J connectivity index is 1.73. The molecule has 0 bridgehead atoms. The fourth-order valence-corrected chi connectivity index (χ4v) is 7.49. The van der Waals surface area contributed by atoms with Crippen molar-refractivity contribution in [3.63, 3.8) is 0 Å². The Morgan fingerprint density at radius 2 is 1.94 bits per heavy atom. The van der Waals surface area contributed by atoms with Crippen LogP contribution in [0.3, 0.4) is 0 Å². The van der Waals surface area contributed by atoms with E-state index in [-0.39, 0.29) is 32.8 Å². The Kier molecular flexibility index (Phi) is 7.48. The summed E-state index contributed by atoms with van der Waals surface area (Å²) in [5.41, 5.74) is -0.676. The number of aromatic carboxylic acids is 1. The summed E-state index contributed by atoms with van der Waals surface area (Å²) < 4.78 is 32.4. The number of H-pyrrole nitrogens is 1. The molecule has 3 heterocycles. The zero-order chi connectivity index (χ0) is 24.3. The lowest BCUT2D eigenvalue weighted by molar-refractivity contribution is -0.118. The Morgan fingerprint density at radius 1 is 1.24 bits per heavy atom. The summed E-state index contributed by atoms with van der Waals surface area (Å²) in [5, 5.41) is 11.2. The number of carbonyl (C=O) groups is 2. The summed E-state index contributed by atoms with van der Waals surface area (Å²) in [6.07, 6.45) is 6.78. The number of anilines is 1. The highest BCUT2D eigenvalue weighted by Gasteiger charge is 2.37. The van der Waals surface area contributed by atoms with Gasteiger partial charge < -0.3 is 20.1 Å². The average Bonchev–Trinajstić information content (AvgIpc) is 3.51. The van der Waals surface area contributed by atoms with Crippen LogP contribution in [-0.2, 0) is 19.4 Å². The van der Waals surface area contributed by atoms with Crippen molar-refractivity contribution in [2.45, 2.75) is 61.0 Å². The summed E-state index contributed by atoms with van der Waals surface area (Å²) >= 11 is 0.796. The number of hydrogen-bond acceptors (Lipinski definition) is 8. The minimum Gasteiger partial charge on any atom is -0.477 e. The van der Waals surface area contributed by atoms with Crippen molar-refractivity contribution in [3.05, 3.63) is 39.3 Å². The first-order chi connectivity index (χ1) is 16.3. The third-order valence-electron chi connectivity index (χ3n) is 6.53. The minimum atomic E-state index is -3.81. The van der Waals surface area contributed by atoms with Crippen LogP contribution in [0.25, 0.3) is 0 Å². The van der Waals surface area contributed by atoms with E-state index < -0.39 is 38.4 Å². The number of amides is 1. The maximum Gasteiger partial charge on any atom is 0.347 e. The second-order valence-corrected chi connectivity index (χ2v) is 11.9. The van der Waals surface area contributed by atoms with Gasteiger partial charge in [-0.15, -0.1) is 0 Å². The summed E-state index contributed by atoms with van der Waals surface area (Å²) in [6.45, 7) is 1.07. The first-order valence-corrected chi connectivity index (χ1v) is 13.7. The highest BCUT2D eigenvalue weighted by Crippen LogP contribution is 2.36. The van der Waals surface area contributed by atoms with E-state index in [1.807, 2.05) is 0 Å². The fourth-order valence-electron chi connectivity index (χ4n) is 4.72. The van der Waals surface area contributed by atoms with Gasteiger partial charge in [0.05, 0.1) is 22.3 Å². The molecule has 184 valence electrons. The maximum absolute atomic E-state index is 13.5. The molecule has 10 nitrogen and oxygen atoms in total. The standard InChI is InChI=1S/C22H27N3O7S2/c26-19(25-22-24-12-16(33-22)21(28)29)15(11-13-6-9-32-10-7-13)18-17(5-8-23-20(18)27)34(30,31)14-3-1-2-4-14/h5,8,12-15H,1-4,6-7,9-11H2,(H,23,27)(H,28,29)(H,24,25,26). The van der Waals surface area contributed by atoms with Gasteiger partial charge in [-0.1, -0.05) is 24.2 Å². The van der Waals surface area contributed by atoms with Crippen LogP contribution < -0.4 is 10.9 Å². The molecule has 1 atom stereocenters. The molecule has 1 amide bonds. The molecule has 1 saturated carbocycles. The number of carboxylic acid groups (broad SMARTS) is 1. The van der Waals surface area contributed by atoms with E-state index in [9.17, 15) is 22.8 Å². The van der Waals surface area contributed by atoms with Gasteiger partial charge in [-0.3, -0.25) is 9.59 Å². The molecular weight excluding hydrogens is 482 g/mol. The smallest absolute Gasteiger partial charge is 0.347 e. The molecule has 0 aromatic carbocycles. The van der Waals surface area contributed by atoms with Crippen LogP contribution in [0.5, 0.6) is 0 Å². The van der Waals surface area contributed by atoms with Gasteiger partial charge in [-0.25, -0.2) is 18.2 Å². The SMILES string of the molecule is O=C(O)c1cnc(NC(=O)C(CC2CCOCC2)c2c(S(=O)(=O)C3CCCC3)cc[nH]c2=O)s1. The molecule has 12 heteroatoms. The molecular formula is C22H27N3O7S2. The van der Waals surface area contributed by atoms with Gasteiger partial charge in [0.25, 0.3) is 5.56 Å². The van der Waals surface area contributed by atoms with E-state index in [1.165, 1.54) is 12.3 Å². The molecule has 2 aromatic rings. The third kappa shape index (κ3) is 5.23. The predicted octanol–water partition coefficient (Wildman–Crippen LogP) is 2.78. The number of aromatic nitrogens is 2. The van der Waals surface area contributed by atoms with E-state index in [4.69, 9.17) is 9.84 Å². The number of aromatic amines is 1. The van der Waals surface area contributed by atoms with Crippen molar-refractivity contribution in [2.24, 2.45) is 5.92 Å². The van der Waals surface area contributed by atoms with Gasteiger partial charge in [0.2, 0.25) is 5.91 Å². The molecule has 34 heavy (non-hydrogen) atoms. The molecule has 3 N–H and O–H groups in total. The van der Waals surface area contributed by atoms with Crippen molar-refractivity contribution < 1.29 is 27.9 Å². The van der Waals surface area contributed by atoms with Gasteiger partial charge in [0, 0.05) is 25.0 Å². The molecule has 0 spiro atoms. The predicted molar refractivity (Wildman–Crippen MR) is 125 cm³/mol. The lowest BCUT2D eigenvalue weighted by atomic mass is 9.85. The number of carbonyl (C=O) groups excluding carboxylic acids is 1. The van der Waals surface area contributed by atoms with Gasteiger partial charge >= 0.3 is 5.97 Å². The highest BCUT2D eigenvalue weighted by molar-refractivity contribution is 7.92. The summed E-state index contributed by atoms with van der Waals surface area (Å²) in [7, 11) is -3.81. The van der Waals surface area contributed by atoms with Crippen molar-refractivity contribution >= 4 is 38.2 Å². The second-order valence-electron chi connectivity index (χ2n) is 8.70. The first kappa shape index (κ1) is 24.6. The van der Waals surface area contributed by atoms with Gasteiger partial charge in [0.15, 0.2) is 15.0 Å². The first-order valence-electron chi connectivity index (χ1n) is 11.3. The van der Waals surface area contributed by atoms with Crippen molar-refractivity contribution in [2.75, 3.05) is 18.5 Å². The van der Waals surface area contributed by atoms with Crippen molar-refractivity contribution in [3.8, 4) is 0 Å². The molecule has 1 aliphatic carbocycles. The Morgan fingerprint density at radius 3 is 2.59 bits per heavy atom. The quantitative estimate of drug-likeness (QED) is 0.490. The van der Waals surface area contributed by atoms with Gasteiger partial charge in [-0.2, -0.15) is 0 Å². The van der Waals surface area contributed by atoms with E-state index in [2.05, 4.69) is 15.3 Å². The van der Waals surface area contributed by atoms with Crippen LogP contribution in [0, 0.1) is 5.92 Å². The average molecular weight is 510 g/mol. The van der Waals surface area contributed by atoms with Crippen LogP contribution in [0.15, 0.2) is 28.2 Å². The van der Waals surface area contributed by atoms with Gasteiger partial charge in [0.1, 0.15) is 4.88 Å². The van der Waals surface area contributed by atoms with E-state index in [0.29, 0.717) is 38.9 Å². The maximum atomic E-state index is 13.5. The van der Waals surface area contributed by atoms with E-state index in [0.717, 1.165) is 30.4 Å². The minimum absolute atomic E-state index is 0.0432. The monoisotopic (exact) mass is 509 g/mol. The normalized spacial score (nSPS) is 18.6. The molecule has 1 unspecified atom stereocenters. The topological polar surface area (TPSA) is 156 Å². The molecule has 1 saturated heterocycles. The van der Waals surface area contributed by atoms with Crippen LogP contribution in [-0.4, -0.2) is 53.8 Å². The molecule has 0 radical (unpaired) electrons. The number of nitrogens with one attached hydrogen (secondary N) is 2. The zero-order valence-corrected chi connectivity index (χ0v) is 20.1. The van der Waals surface area contributed by atoms with Crippen LogP contribution >= 0.6 is 11.3 Å². The number of hydrogen-bond donors (Lipinski definition) is 3. The fraction of sp³-hybridized carbons (Fsp3) is 0.545. The number of nitrogens with zero attached hydrogens (tertiary/aromatic N) is 1. The molecule has 2 aliphatic rings. The van der Waals surface area contributed by atoms with Crippen LogP contribution in [0.2, 0.25) is 0 Å². The number of pyridine rings is 1. The summed E-state index contributed by atoms with van der Waals surface area (Å²) in [4.78, 5) is 44.0. The van der Waals surface area contributed by atoms with E-state index >= 15 is 0 Å². The van der Waals surface area contributed by atoms with E-state index in [1.54, 1.807) is 0 Å². The summed E-state index contributed by atoms with van der Waals surface area (Å²) in [5.74, 6) is -2.73. The number of thiazole rings is 1. The Labute approximate surface area is 200 Å². The Hall–Kier alpha value is -2.57. The van der Waals surface area contributed by atoms with Crippen LogP contribution in [0.1, 0.15) is 66.1 Å². The lowest BCUT2D eigenvalue weighted by Crippen LogP contribution is -2.33. The lowest BCUT2D eigenvalue weighted by Gasteiger charge is -2.27. The number of ether oxygens (including phenoxy) is 1. The zero-order valence-electron chi connectivity index (χ0n) is 18.5. The highest BCUT2D eigenvalue weighted by atomic mass is 32.2. The van der Waals surface area contributed by atoms with Crippen molar-refractivity contribution in [1.29, 1.82) is 0 Å². The van der Waals surface area contributed by atoms with Crippen molar-refractivity contribution in [1.82, 2.24) is 9.97 Å². The number of carboxylic acids is 1. The molecule has 2 fully saturated rings. The molecule has 2 aromatic heterocycles. The van der Waals surface area contributed by atoms with Gasteiger partial charge in [-0.05, 0) is 44.1 Å². The summed E-state index contributed by atoms with van der Waals surface area (Å²) in [6, 6.07) is 1.38. The second kappa shape index (κ2) is 10.4. The largest absolute Gasteiger partial charge is 0.477 e.